The molecule has 2 aromatic carbocycles. The molecule has 2 aromatic rings. The first kappa shape index (κ1) is 24.2. The van der Waals surface area contributed by atoms with E-state index in [0.717, 1.165) is 0 Å². The van der Waals surface area contributed by atoms with Gasteiger partial charge in [0, 0.05) is 12.8 Å². The Morgan fingerprint density at radius 1 is 0.812 bits per heavy atom. The van der Waals surface area contributed by atoms with E-state index in [-0.39, 0.29) is 24.3 Å². The summed E-state index contributed by atoms with van der Waals surface area (Å²) in [5.74, 6) is -0.234. The molecule has 0 fully saturated rings. The van der Waals surface area contributed by atoms with Gasteiger partial charge in [-0.15, -0.1) is 0 Å². The lowest BCUT2D eigenvalue weighted by Crippen LogP contribution is -2.22. The van der Waals surface area contributed by atoms with E-state index in [1.807, 2.05) is 13.8 Å². The molecule has 0 spiro atoms. The maximum absolute atomic E-state index is 11.8. The predicted molar refractivity (Wildman–Crippen MR) is 119 cm³/mol. The van der Waals surface area contributed by atoms with Crippen molar-refractivity contribution in [1.29, 1.82) is 0 Å². The average molecular weight is 442 g/mol. The number of phenols is 2. The number of ether oxygens (including phenoxy) is 2. The number of hydrogen-bond acceptors (Lipinski definition) is 8. The predicted octanol–water partition coefficient (Wildman–Crippen LogP) is 2.28. The number of amides is 2. The zero-order valence-electron chi connectivity index (χ0n) is 17.9. The van der Waals surface area contributed by atoms with Gasteiger partial charge in [0.1, 0.15) is 0 Å². The van der Waals surface area contributed by atoms with Crippen LogP contribution in [0.4, 0.5) is 0 Å². The monoisotopic (exact) mass is 442 g/mol. The van der Waals surface area contributed by atoms with Gasteiger partial charge in [-0.1, -0.05) is 0 Å². The van der Waals surface area contributed by atoms with E-state index >= 15 is 0 Å². The van der Waals surface area contributed by atoms with Crippen LogP contribution in [0.2, 0.25) is 0 Å². The molecule has 0 unspecified atom stereocenters. The summed E-state index contributed by atoms with van der Waals surface area (Å²) in [6, 6.07) is 9.46. The first-order valence-electron chi connectivity index (χ1n) is 9.98. The second-order valence-corrected chi connectivity index (χ2v) is 6.41. The van der Waals surface area contributed by atoms with Crippen LogP contribution in [-0.4, -0.2) is 47.7 Å². The van der Waals surface area contributed by atoms with Gasteiger partial charge in [-0.3, -0.25) is 9.59 Å². The maximum atomic E-state index is 11.8. The van der Waals surface area contributed by atoms with Gasteiger partial charge in [-0.25, -0.2) is 10.9 Å². The van der Waals surface area contributed by atoms with Crippen LogP contribution in [0.5, 0.6) is 23.0 Å². The Hall–Kier alpha value is -4.08. The molecule has 0 radical (unpaired) electrons. The molecule has 170 valence electrons. The lowest BCUT2D eigenvalue weighted by Gasteiger charge is -2.05. The molecular weight excluding hydrogens is 416 g/mol. The normalized spacial score (nSPS) is 10.9. The van der Waals surface area contributed by atoms with E-state index in [2.05, 4.69) is 21.1 Å². The molecule has 10 nitrogen and oxygen atoms in total. The highest BCUT2D eigenvalue weighted by molar-refractivity contribution is 5.87. The van der Waals surface area contributed by atoms with Crippen molar-refractivity contribution in [2.75, 3.05) is 13.2 Å². The lowest BCUT2D eigenvalue weighted by molar-refractivity contribution is -0.126. The zero-order valence-corrected chi connectivity index (χ0v) is 17.9. The van der Waals surface area contributed by atoms with Gasteiger partial charge in [-0.05, 0) is 61.4 Å². The standard InChI is InChI=1S/C22H26N4O6/c1-3-31-19-7-5-15(11-17(19)27)13-23-25-21(29)9-10-22(30)26-24-14-16-6-8-20(32-4-2)18(28)12-16/h5-8,11-14,27-28H,3-4,9-10H2,1-2H3,(H,25,29)(H,26,30)/b23-13+,24-14+. The van der Waals surface area contributed by atoms with E-state index < -0.39 is 11.8 Å². The number of aromatic hydroxyl groups is 2. The van der Waals surface area contributed by atoms with Crippen LogP contribution in [0.1, 0.15) is 37.8 Å². The Labute approximate surface area is 185 Å². The summed E-state index contributed by atoms with van der Waals surface area (Å²) in [4.78, 5) is 23.6. The molecule has 4 N–H and O–H groups in total. The van der Waals surface area contributed by atoms with Crippen molar-refractivity contribution in [1.82, 2.24) is 10.9 Å². The molecule has 0 atom stereocenters. The van der Waals surface area contributed by atoms with Crippen LogP contribution < -0.4 is 20.3 Å². The third-order valence-electron chi connectivity index (χ3n) is 3.95. The van der Waals surface area contributed by atoms with Crippen molar-refractivity contribution in [2.45, 2.75) is 26.7 Å². The summed E-state index contributed by atoms with van der Waals surface area (Å²) in [5.41, 5.74) is 5.75. The third-order valence-corrected chi connectivity index (χ3v) is 3.95. The minimum absolute atomic E-state index is 0.0280. The number of nitrogens with one attached hydrogen (secondary N) is 2. The highest BCUT2D eigenvalue weighted by atomic mass is 16.5. The molecule has 0 aromatic heterocycles. The van der Waals surface area contributed by atoms with E-state index in [4.69, 9.17) is 9.47 Å². The van der Waals surface area contributed by atoms with Crippen LogP contribution >= 0.6 is 0 Å². The minimum Gasteiger partial charge on any atom is -0.504 e. The number of carbonyl (C=O) groups is 2. The van der Waals surface area contributed by atoms with Gasteiger partial charge in [0.25, 0.3) is 0 Å². The largest absolute Gasteiger partial charge is 0.504 e. The van der Waals surface area contributed by atoms with Crippen molar-refractivity contribution in [3.05, 3.63) is 47.5 Å². The van der Waals surface area contributed by atoms with Gasteiger partial charge >= 0.3 is 0 Å². The van der Waals surface area contributed by atoms with E-state index in [0.29, 0.717) is 35.8 Å². The smallest absolute Gasteiger partial charge is 0.240 e. The minimum atomic E-state index is -0.452. The number of hydrazone groups is 2. The van der Waals surface area contributed by atoms with Crippen molar-refractivity contribution in [3.63, 3.8) is 0 Å². The molecule has 0 saturated carbocycles. The van der Waals surface area contributed by atoms with Crippen LogP contribution in [0.25, 0.3) is 0 Å². The molecule has 0 aliphatic carbocycles. The summed E-state index contributed by atoms with van der Waals surface area (Å²) in [5, 5.41) is 27.2. The molecular formula is C22H26N4O6. The Morgan fingerprint density at radius 2 is 1.22 bits per heavy atom. The highest BCUT2D eigenvalue weighted by Crippen LogP contribution is 2.26. The quantitative estimate of drug-likeness (QED) is 0.311. The van der Waals surface area contributed by atoms with Gasteiger partial charge in [0.2, 0.25) is 11.8 Å². The lowest BCUT2D eigenvalue weighted by atomic mass is 10.2. The first-order chi connectivity index (χ1) is 15.4. The van der Waals surface area contributed by atoms with Crippen molar-refractivity contribution >= 4 is 24.2 Å². The van der Waals surface area contributed by atoms with Gasteiger partial charge in [0.15, 0.2) is 23.0 Å². The number of carbonyl (C=O) groups excluding carboxylic acids is 2. The molecule has 0 bridgehead atoms. The summed E-state index contributed by atoms with van der Waals surface area (Å²) in [6.45, 7) is 4.48. The number of benzene rings is 2. The number of hydrogen-bond donors (Lipinski definition) is 4. The molecule has 10 heteroatoms. The van der Waals surface area contributed by atoms with Crippen molar-refractivity contribution < 1.29 is 29.3 Å². The zero-order chi connectivity index (χ0) is 23.3. The molecule has 0 aliphatic rings. The fraction of sp³-hybridized carbons (Fsp3) is 0.273. The first-order valence-corrected chi connectivity index (χ1v) is 9.98. The van der Waals surface area contributed by atoms with Crippen LogP contribution in [0, 0.1) is 0 Å². The van der Waals surface area contributed by atoms with Crippen molar-refractivity contribution in [2.24, 2.45) is 10.2 Å². The fourth-order valence-corrected chi connectivity index (χ4v) is 2.48. The van der Waals surface area contributed by atoms with Gasteiger partial charge in [0.05, 0.1) is 25.6 Å². The SMILES string of the molecule is CCOc1ccc(/C=N/NC(=O)CCC(=O)N/N=C/c2ccc(OCC)c(O)c2)cc1O. The molecule has 0 heterocycles. The van der Waals surface area contributed by atoms with Crippen molar-refractivity contribution in [3.8, 4) is 23.0 Å². The molecule has 32 heavy (non-hydrogen) atoms. The van der Waals surface area contributed by atoms with E-state index in [1.165, 1.54) is 24.6 Å². The molecule has 0 aliphatic heterocycles. The third kappa shape index (κ3) is 7.98. The number of rotatable bonds is 11. The number of phenolic OH excluding ortho intramolecular Hbond substituents is 2. The summed E-state index contributed by atoms with van der Waals surface area (Å²) in [7, 11) is 0. The summed E-state index contributed by atoms with van der Waals surface area (Å²) < 4.78 is 10.5. The van der Waals surface area contributed by atoms with Crippen LogP contribution in [0.3, 0.4) is 0 Å². The molecule has 2 amide bonds. The average Bonchev–Trinajstić information content (AvgIpc) is 2.76. The van der Waals surface area contributed by atoms with Gasteiger partial charge < -0.3 is 19.7 Å². The Balaban J connectivity index is 1.73. The summed E-state index contributed by atoms with van der Waals surface area (Å²) >= 11 is 0. The molecule has 2 rings (SSSR count). The maximum Gasteiger partial charge on any atom is 0.240 e. The Kier molecular flexibility index (Phi) is 9.51. The van der Waals surface area contributed by atoms with E-state index in [9.17, 15) is 19.8 Å². The topological polar surface area (TPSA) is 142 Å². The summed E-state index contributed by atoms with van der Waals surface area (Å²) in [6.07, 6.45) is 2.56. The van der Waals surface area contributed by atoms with Gasteiger partial charge in [-0.2, -0.15) is 10.2 Å². The highest BCUT2D eigenvalue weighted by Gasteiger charge is 2.06. The second kappa shape index (κ2) is 12.6. The Bertz CT molecular complexity index is 911. The van der Waals surface area contributed by atoms with E-state index in [1.54, 1.807) is 24.3 Å². The van der Waals surface area contributed by atoms with Crippen LogP contribution in [0.15, 0.2) is 46.6 Å². The second-order valence-electron chi connectivity index (χ2n) is 6.41. The number of nitrogens with zero attached hydrogens (tertiary/aromatic N) is 2. The van der Waals surface area contributed by atoms with Crippen LogP contribution in [-0.2, 0) is 9.59 Å². The Morgan fingerprint density at radius 3 is 1.56 bits per heavy atom. The fourth-order valence-electron chi connectivity index (χ4n) is 2.48. The molecule has 0 saturated heterocycles.